The lowest BCUT2D eigenvalue weighted by atomic mass is 10.0. The van der Waals surface area contributed by atoms with Gasteiger partial charge in [-0.15, -0.1) is 13.2 Å². The first kappa shape index (κ1) is 19.2. The van der Waals surface area contributed by atoms with Gasteiger partial charge in [0.05, 0.1) is 0 Å². The summed E-state index contributed by atoms with van der Waals surface area (Å²) in [5, 5.41) is 3.33. The van der Waals surface area contributed by atoms with Crippen LogP contribution in [0.5, 0.6) is 0 Å². The Kier molecular flexibility index (Phi) is 9.11. The lowest BCUT2D eigenvalue weighted by Crippen LogP contribution is -2.15. The van der Waals surface area contributed by atoms with E-state index in [4.69, 9.17) is 0 Å². The zero-order valence-corrected chi connectivity index (χ0v) is 14.5. The second-order valence-corrected chi connectivity index (χ2v) is 5.67. The summed E-state index contributed by atoms with van der Waals surface area (Å²) >= 11 is 0. The molecule has 1 aromatic rings. The van der Waals surface area contributed by atoms with E-state index < -0.39 is 0 Å². The highest BCUT2D eigenvalue weighted by Gasteiger charge is 2.12. The van der Waals surface area contributed by atoms with Gasteiger partial charge in [-0.05, 0) is 25.3 Å². The number of hydrogen-bond donors (Lipinski definition) is 1. The number of benzene rings is 1. The summed E-state index contributed by atoms with van der Waals surface area (Å²) < 4.78 is 0. The van der Waals surface area contributed by atoms with E-state index >= 15 is 0 Å². The van der Waals surface area contributed by atoms with Crippen molar-refractivity contribution >= 4 is 11.5 Å². The summed E-state index contributed by atoms with van der Waals surface area (Å²) in [6.45, 7) is 16.8. The molecular formula is C19H30N2. The van der Waals surface area contributed by atoms with Crippen LogP contribution in [0.15, 0.2) is 42.4 Å². The van der Waals surface area contributed by atoms with Gasteiger partial charge < -0.3 is 5.32 Å². The number of aliphatic imine (C=N–C) groups is 1. The molecule has 0 saturated carbocycles. The monoisotopic (exact) mass is 286 g/mol. The molecule has 0 unspecified atom stereocenters. The molecule has 1 heterocycles. The molecule has 2 rings (SSSR count). The maximum absolute atomic E-state index is 4.16. The standard InChI is InChI=1S/C13H16N2.C4H10.C2H4/c1-9-4-5-11(10(2)8-9)12-6-7-13(14-3)15-12;1-4(2)3;1-2/h4-6,8H,7H2,1-3H3,(H,14,15);4H,1-3H3;1-2H2. The van der Waals surface area contributed by atoms with Crippen LogP contribution in [0.25, 0.3) is 5.70 Å². The zero-order valence-electron chi connectivity index (χ0n) is 14.5. The van der Waals surface area contributed by atoms with Crippen molar-refractivity contribution < 1.29 is 0 Å². The molecule has 0 aliphatic carbocycles. The summed E-state index contributed by atoms with van der Waals surface area (Å²) in [6.07, 6.45) is 3.11. The molecule has 0 saturated heterocycles. The Morgan fingerprint density at radius 2 is 1.71 bits per heavy atom. The molecule has 0 fully saturated rings. The van der Waals surface area contributed by atoms with Crippen LogP contribution in [0, 0.1) is 19.8 Å². The SMILES string of the molecule is C=C.CC(C)C.CN=C1CC=C(c2ccc(C)cc2C)N1. The summed E-state index contributed by atoms with van der Waals surface area (Å²) in [5.74, 6) is 1.88. The maximum atomic E-state index is 4.16. The van der Waals surface area contributed by atoms with Crippen molar-refractivity contribution in [2.24, 2.45) is 10.9 Å². The van der Waals surface area contributed by atoms with Crippen LogP contribution in [-0.2, 0) is 0 Å². The molecule has 2 nitrogen and oxygen atoms in total. The Balaban J connectivity index is 0.000000579. The van der Waals surface area contributed by atoms with Crippen LogP contribution in [-0.4, -0.2) is 12.9 Å². The van der Waals surface area contributed by atoms with Gasteiger partial charge in [-0.25, -0.2) is 0 Å². The van der Waals surface area contributed by atoms with Crippen LogP contribution in [0.4, 0.5) is 0 Å². The molecule has 21 heavy (non-hydrogen) atoms. The third-order valence-corrected chi connectivity index (χ3v) is 2.72. The van der Waals surface area contributed by atoms with Crippen LogP contribution in [0.3, 0.4) is 0 Å². The maximum Gasteiger partial charge on any atom is 0.104 e. The Bertz CT molecular complexity index is 494. The van der Waals surface area contributed by atoms with E-state index in [0.29, 0.717) is 0 Å². The summed E-state index contributed by atoms with van der Waals surface area (Å²) in [4.78, 5) is 4.16. The molecule has 1 aliphatic heterocycles. The third-order valence-electron chi connectivity index (χ3n) is 2.72. The number of nitrogens with one attached hydrogen (secondary N) is 1. The van der Waals surface area contributed by atoms with E-state index in [1.165, 1.54) is 22.4 Å². The predicted octanol–water partition coefficient (Wildman–Crippen LogP) is 5.13. The first-order chi connectivity index (χ1) is 9.93. The fourth-order valence-electron chi connectivity index (χ4n) is 1.90. The van der Waals surface area contributed by atoms with Gasteiger partial charge in [0.1, 0.15) is 5.84 Å². The van der Waals surface area contributed by atoms with Crippen molar-refractivity contribution in [2.45, 2.75) is 41.0 Å². The Labute approximate surface area is 130 Å². The van der Waals surface area contributed by atoms with Crippen LogP contribution < -0.4 is 5.32 Å². The van der Waals surface area contributed by atoms with Gasteiger partial charge in [0.15, 0.2) is 0 Å². The molecule has 1 aromatic carbocycles. The van der Waals surface area contributed by atoms with Gasteiger partial charge in [0.25, 0.3) is 0 Å². The smallest absolute Gasteiger partial charge is 0.104 e. The quantitative estimate of drug-likeness (QED) is 0.711. The highest BCUT2D eigenvalue weighted by molar-refractivity contribution is 5.97. The molecular weight excluding hydrogens is 256 g/mol. The van der Waals surface area contributed by atoms with Crippen LogP contribution >= 0.6 is 0 Å². The molecule has 0 atom stereocenters. The van der Waals surface area contributed by atoms with E-state index in [1.54, 1.807) is 0 Å². The molecule has 0 bridgehead atoms. The van der Waals surface area contributed by atoms with Crippen LogP contribution in [0.1, 0.15) is 43.9 Å². The molecule has 2 heteroatoms. The lowest BCUT2D eigenvalue weighted by molar-refractivity contribution is 0.737. The first-order valence-electron chi connectivity index (χ1n) is 7.44. The Hall–Kier alpha value is -1.83. The van der Waals surface area contributed by atoms with Gasteiger partial charge in [-0.3, -0.25) is 4.99 Å². The normalized spacial score (nSPS) is 14.6. The van der Waals surface area contributed by atoms with Crippen molar-refractivity contribution in [1.29, 1.82) is 0 Å². The van der Waals surface area contributed by atoms with Crippen molar-refractivity contribution in [3.63, 3.8) is 0 Å². The Morgan fingerprint density at radius 3 is 2.14 bits per heavy atom. The van der Waals surface area contributed by atoms with Crippen LogP contribution in [0.2, 0.25) is 0 Å². The molecule has 0 amide bonds. The highest BCUT2D eigenvalue weighted by atomic mass is 15.0. The van der Waals surface area contributed by atoms with Crippen molar-refractivity contribution in [3.8, 4) is 0 Å². The average Bonchev–Trinajstić information content (AvgIpc) is 2.89. The number of aryl methyl sites for hydroxylation is 2. The van der Waals surface area contributed by atoms with E-state index in [1.807, 2.05) is 7.05 Å². The van der Waals surface area contributed by atoms with Crippen molar-refractivity contribution in [2.75, 3.05) is 7.05 Å². The summed E-state index contributed by atoms with van der Waals surface area (Å²) in [5.41, 5.74) is 5.08. The van der Waals surface area contributed by atoms with E-state index in [9.17, 15) is 0 Å². The van der Waals surface area contributed by atoms with Crippen molar-refractivity contribution in [1.82, 2.24) is 5.32 Å². The molecule has 0 radical (unpaired) electrons. The van der Waals surface area contributed by atoms with Gasteiger partial charge in [0.2, 0.25) is 0 Å². The minimum Gasteiger partial charge on any atom is -0.344 e. The number of nitrogens with zero attached hydrogens (tertiary/aromatic N) is 1. The molecule has 1 N–H and O–H groups in total. The summed E-state index contributed by atoms with van der Waals surface area (Å²) in [7, 11) is 1.82. The fraction of sp³-hybridized carbons (Fsp3) is 0.421. The molecule has 1 aliphatic rings. The minimum absolute atomic E-state index is 0.833. The predicted molar refractivity (Wildman–Crippen MR) is 96.8 cm³/mol. The second kappa shape index (κ2) is 9.98. The Morgan fingerprint density at radius 1 is 1.14 bits per heavy atom. The number of rotatable bonds is 1. The van der Waals surface area contributed by atoms with Gasteiger partial charge in [-0.1, -0.05) is 50.6 Å². The third kappa shape index (κ3) is 6.94. The molecule has 116 valence electrons. The molecule has 0 aromatic heterocycles. The van der Waals surface area contributed by atoms with Crippen molar-refractivity contribution in [3.05, 3.63) is 54.1 Å². The number of amidine groups is 1. The first-order valence-corrected chi connectivity index (χ1v) is 7.44. The van der Waals surface area contributed by atoms with E-state index in [0.717, 1.165) is 18.2 Å². The zero-order chi connectivity index (χ0) is 16.4. The lowest BCUT2D eigenvalue weighted by Gasteiger charge is -2.09. The topological polar surface area (TPSA) is 24.4 Å². The second-order valence-electron chi connectivity index (χ2n) is 5.67. The van der Waals surface area contributed by atoms with Gasteiger partial charge in [-0.2, -0.15) is 0 Å². The van der Waals surface area contributed by atoms with Gasteiger partial charge in [0, 0.05) is 24.7 Å². The van der Waals surface area contributed by atoms with E-state index in [-0.39, 0.29) is 0 Å². The highest BCUT2D eigenvalue weighted by Crippen LogP contribution is 2.21. The summed E-state index contributed by atoms with van der Waals surface area (Å²) in [6, 6.07) is 6.52. The van der Waals surface area contributed by atoms with Gasteiger partial charge >= 0.3 is 0 Å². The number of hydrogen-bond acceptors (Lipinski definition) is 1. The largest absolute Gasteiger partial charge is 0.344 e. The molecule has 0 spiro atoms. The average molecular weight is 286 g/mol. The van der Waals surface area contributed by atoms with E-state index in [2.05, 4.69) is 82.4 Å². The minimum atomic E-state index is 0.833. The fourth-order valence-corrected chi connectivity index (χ4v) is 1.90.